The maximum absolute atomic E-state index is 13.6. The molecule has 0 N–H and O–H groups in total. The molecule has 0 aliphatic heterocycles. The Kier molecular flexibility index (Phi) is 10.6. The fraction of sp³-hybridized carbons (Fsp3) is 0.109. The minimum Gasteiger partial charge on any atom is 0 e. The second kappa shape index (κ2) is 16.3. The molecule has 0 unspecified atom stereocenters. The molecule has 315 valence electrons. The van der Waals surface area contributed by atoms with Crippen molar-refractivity contribution in [2.24, 2.45) is 0 Å². The van der Waals surface area contributed by atoms with Gasteiger partial charge in [0.05, 0.1) is 28.0 Å². The van der Waals surface area contributed by atoms with Crippen LogP contribution in [0.4, 0.5) is 4.39 Å². The smallest absolute Gasteiger partial charge is 0 e. The zero-order valence-electron chi connectivity index (χ0n) is 35.8. The molecule has 12 rings (SSSR count). The number of aromatic nitrogens is 4. The predicted molar refractivity (Wildman–Crippen MR) is 258 cm³/mol. The second-order valence-corrected chi connectivity index (χ2v) is 28.1. The van der Waals surface area contributed by atoms with Gasteiger partial charge in [0.2, 0.25) is 5.71 Å². The molecule has 5 aromatic heterocycles. The summed E-state index contributed by atoms with van der Waals surface area (Å²) in [6.07, 6.45) is 1.88. The number of furan rings is 2. The van der Waals surface area contributed by atoms with Gasteiger partial charge in [-0.2, -0.15) is 0 Å². The van der Waals surface area contributed by atoms with Crippen LogP contribution in [-0.4, -0.2) is 32.8 Å². The third-order valence-corrected chi connectivity index (χ3v) is 16.2. The SMILES string of the molecule is CC(C)c1ccc2c(c1)oc1cc(-n3c(-c4[c-]ccc5c4oc4nc6c(ccc7ccccc76)cc45)nc4ccccc43)ccc12.[CH3][Ge]([CH3])([CH3])[c]1ccc(-c2[c-]cccc2F)nc1.[Ir]. The van der Waals surface area contributed by atoms with E-state index in [1.54, 1.807) is 12.1 Å². The molecule has 5 heterocycles. The van der Waals surface area contributed by atoms with Crippen molar-refractivity contribution >= 4 is 94.4 Å². The summed E-state index contributed by atoms with van der Waals surface area (Å²) < 4.78 is 30.1. The summed E-state index contributed by atoms with van der Waals surface area (Å²) in [5, 5.41) is 7.51. The molecule has 0 fully saturated rings. The summed E-state index contributed by atoms with van der Waals surface area (Å²) >= 11 is -1.83. The molecule has 12 aromatic rings. The molecule has 9 heteroatoms. The first kappa shape index (κ1) is 41.6. The Balaban J connectivity index is 0.000000228. The number of halogens is 1. The van der Waals surface area contributed by atoms with E-state index in [9.17, 15) is 4.39 Å². The molecular weight excluding hydrogens is 1030 g/mol. The fourth-order valence-corrected chi connectivity index (χ4v) is 10.7. The van der Waals surface area contributed by atoms with Crippen molar-refractivity contribution in [1.29, 1.82) is 0 Å². The molecule has 0 amide bonds. The van der Waals surface area contributed by atoms with Gasteiger partial charge in [-0.3, -0.25) is 4.98 Å². The molecule has 0 bridgehead atoms. The van der Waals surface area contributed by atoms with Gasteiger partial charge < -0.3 is 13.4 Å². The molecule has 0 aliphatic carbocycles. The predicted octanol–water partition coefficient (Wildman–Crippen LogP) is 14.3. The van der Waals surface area contributed by atoms with E-state index in [4.69, 9.17) is 18.8 Å². The van der Waals surface area contributed by atoms with E-state index in [1.165, 1.54) is 16.0 Å². The average Bonchev–Trinajstić information content (AvgIpc) is 3.99. The number of hydrogen-bond donors (Lipinski definition) is 0. The number of rotatable bonds is 5. The first-order valence-corrected chi connectivity index (χ1v) is 28.6. The van der Waals surface area contributed by atoms with Crippen molar-refractivity contribution in [3.63, 3.8) is 0 Å². The van der Waals surface area contributed by atoms with Crippen LogP contribution in [0.5, 0.6) is 0 Å². The number of para-hydroxylation sites is 2. The summed E-state index contributed by atoms with van der Waals surface area (Å²) in [4.78, 5) is 14.6. The standard InChI is InChI=1S/C41H26N3O2.C14H15FGeN.Ir/c1-23(2)25-16-18-29-30-19-17-27(22-37(30)45-36(29)21-25)44-35-13-6-5-12-34(35)42-40(44)32-11-7-10-31-33-20-26-15-14-24-8-3-4-9-28(24)38(26)43-41(33)46-39(31)32;1-16(2,3)11-8-9-14(17-10-11)12-6-4-5-7-13(12)15;/h3-10,12-23H,1-2H3;4-5,7-10H,1-3H3;/q2*-1;. The minimum atomic E-state index is -1.83. The summed E-state index contributed by atoms with van der Waals surface area (Å²) in [7, 11) is 0. The van der Waals surface area contributed by atoms with Crippen molar-refractivity contribution in [1.82, 2.24) is 19.5 Å². The van der Waals surface area contributed by atoms with Crippen LogP contribution in [0.2, 0.25) is 17.3 Å². The minimum absolute atomic E-state index is 0. The number of pyridine rings is 2. The summed E-state index contributed by atoms with van der Waals surface area (Å²) in [5.41, 5.74) is 9.98. The van der Waals surface area contributed by atoms with E-state index in [1.807, 2.05) is 36.5 Å². The largest absolute Gasteiger partial charge is 0 e. The Hall–Kier alpha value is -6.45. The van der Waals surface area contributed by atoms with Crippen LogP contribution >= 0.6 is 0 Å². The van der Waals surface area contributed by atoms with Gasteiger partial charge in [0.25, 0.3) is 0 Å². The summed E-state index contributed by atoms with van der Waals surface area (Å²) in [6, 6.07) is 55.0. The molecule has 0 atom stereocenters. The van der Waals surface area contributed by atoms with Gasteiger partial charge in [0.1, 0.15) is 11.2 Å². The molecule has 0 spiro atoms. The quantitative estimate of drug-likeness (QED) is 0.0976. The number of benzene rings is 7. The van der Waals surface area contributed by atoms with Crippen LogP contribution in [0.3, 0.4) is 0 Å². The summed E-state index contributed by atoms with van der Waals surface area (Å²) in [5.74, 6) is 7.84. The van der Waals surface area contributed by atoms with Crippen LogP contribution in [0.1, 0.15) is 25.3 Å². The molecule has 7 aromatic carbocycles. The number of nitrogens with zero attached hydrogens (tertiary/aromatic N) is 4. The third-order valence-electron chi connectivity index (χ3n) is 12.0. The van der Waals surface area contributed by atoms with Gasteiger partial charge in [-0.1, -0.05) is 85.5 Å². The zero-order chi connectivity index (χ0) is 43.0. The average molecular weight is 1070 g/mol. The van der Waals surface area contributed by atoms with Crippen LogP contribution in [0.15, 0.2) is 161 Å². The topological polar surface area (TPSA) is 69.9 Å². The molecule has 0 aliphatic rings. The van der Waals surface area contributed by atoms with Crippen LogP contribution < -0.4 is 4.40 Å². The third kappa shape index (κ3) is 7.20. The van der Waals surface area contributed by atoms with Crippen molar-refractivity contribution in [2.75, 3.05) is 0 Å². The van der Waals surface area contributed by atoms with Crippen molar-refractivity contribution in [3.05, 3.63) is 175 Å². The van der Waals surface area contributed by atoms with Crippen molar-refractivity contribution in [3.8, 4) is 28.3 Å². The van der Waals surface area contributed by atoms with Gasteiger partial charge in [-0.25, -0.2) is 4.98 Å². The van der Waals surface area contributed by atoms with E-state index >= 15 is 0 Å². The van der Waals surface area contributed by atoms with Gasteiger partial charge in [-0.05, 0) is 53.3 Å². The van der Waals surface area contributed by atoms with Gasteiger partial charge in [0, 0.05) is 58.8 Å². The maximum atomic E-state index is 13.6. The van der Waals surface area contributed by atoms with Crippen LogP contribution in [0, 0.1) is 17.9 Å². The Labute approximate surface area is 385 Å². The Morgan fingerprint density at radius 3 is 2.20 bits per heavy atom. The Bertz CT molecular complexity index is 3730. The van der Waals surface area contributed by atoms with Crippen LogP contribution in [-0.2, 0) is 20.1 Å². The molecule has 0 saturated carbocycles. The van der Waals surface area contributed by atoms with Crippen molar-refractivity contribution in [2.45, 2.75) is 37.0 Å². The number of imidazole rings is 1. The first-order chi connectivity index (χ1) is 30.6. The van der Waals surface area contributed by atoms with E-state index in [0.717, 1.165) is 82.5 Å². The van der Waals surface area contributed by atoms with Gasteiger partial charge >= 0.3 is 104 Å². The fourth-order valence-electron chi connectivity index (χ4n) is 8.56. The Morgan fingerprint density at radius 2 is 1.41 bits per heavy atom. The maximum Gasteiger partial charge on any atom is 0 e. The summed E-state index contributed by atoms with van der Waals surface area (Å²) in [6.45, 7) is 4.40. The van der Waals surface area contributed by atoms with E-state index in [2.05, 4.69) is 150 Å². The number of fused-ring (bicyclic) bond motifs is 10. The normalized spacial score (nSPS) is 11.9. The van der Waals surface area contributed by atoms with Crippen LogP contribution in [0.25, 0.3) is 105 Å². The second-order valence-electron chi connectivity index (χ2n) is 17.4. The molecule has 1 radical (unpaired) electrons. The molecule has 0 saturated heterocycles. The van der Waals surface area contributed by atoms with Gasteiger partial charge in [-0.15, -0.1) is 18.2 Å². The monoisotopic (exact) mass is 1080 g/mol. The number of hydrogen-bond acceptors (Lipinski definition) is 5. The first-order valence-electron chi connectivity index (χ1n) is 21.2. The molecular formula is C55H41FGeIrN4O2-2. The van der Waals surface area contributed by atoms with E-state index < -0.39 is 13.3 Å². The molecule has 64 heavy (non-hydrogen) atoms. The van der Waals surface area contributed by atoms with E-state index in [0.29, 0.717) is 28.5 Å². The van der Waals surface area contributed by atoms with E-state index in [-0.39, 0.29) is 25.9 Å². The van der Waals surface area contributed by atoms with Crippen molar-refractivity contribution < 1.29 is 33.3 Å². The Morgan fingerprint density at radius 1 is 0.641 bits per heavy atom. The zero-order valence-corrected chi connectivity index (χ0v) is 40.3. The van der Waals surface area contributed by atoms with Gasteiger partial charge in [0.15, 0.2) is 0 Å². The molecule has 6 nitrogen and oxygen atoms in total.